The Balaban J connectivity index is 2.69. The molecule has 1 unspecified atom stereocenters. The van der Waals surface area contributed by atoms with Crippen molar-refractivity contribution in [2.45, 2.75) is 39.7 Å². The second-order valence-electron chi connectivity index (χ2n) is 5.09. The lowest BCUT2D eigenvalue weighted by molar-refractivity contribution is -0.130. The van der Waals surface area contributed by atoms with Crippen molar-refractivity contribution in [3.63, 3.8) is 0 Å². The summed E-state index contributed by atoms with van der Waals surface area (Å²) in [6.07, 6.45) is 3.58. The second kappa shape index (κ2) is 4.68. The molecule has 0 aliphatic carbocycles. The molecular weight excluding hydrogens is 206 g/mol. The van der Waals surface area contributed by atoms with Gasteiger partial charge in [0.1, 0.15) is 5.60 Å². The van der Waals surface area contributed by atoms with Crippen molar-refractivity contribution in [2.75, 3.05) is 6.54 Å². The highest BCUT2D eigenvalue weighted by Crippen LogP contribution is 2.15. The Labute approximate surface area is 96.3 Å². The zero-order valence-electron chi connectivity index (χ0n) is 10.3. The van der Waals surface area contributed by atoms with Crippen LogP contribution in [0, 0.1) is 5.92 Å². The number of nitrogens with zero attached hydrogens (tertiary/aromatic N) is 1. The van der Waals surface area contributed by atoms with Gasteiger partial charge < -0.3 is 4.74 Å². The Morgan fingerprint density at radius 2 is 2.12 bits per heavy atom. The Hall–Kier alpha value is -1.32. The first-order valence-electron chi connectivity index (χ1n) is 5.49. The number of allylic oxidation sites excluding steroid dienone is 1. The molecule has 4 nitrogen and oxygen atoms in total. The normalized spacial score (nSPS) is 21.9. The van der Waals surface area contributed by atoms with Crippen LogP contribution in [0.15, 0.2) is 12.2 Å². The van der Waals surface area contributed by atoms with Crippen molar-refractivity contribution in [2.24, 2.45) is 5.92 Å². The summed E-state index contributed by atoms with van der Waals surface area (Å²) in [6.45, 7) is 7.61. The molecule has 1 rings (SSSR count). The standard InChI is InChI=1S/C12H19NO3/c1-9-6-5-7-13(10(14)8-9)11(15)16-12(2,3)4/h5-6,9H,7-8H2,1-4H3. The van der Waals surface area contributed by atoms with Crippen molar-refractivity contribution >= 4 is 12.0 Å². The van der Waals surface area contributed by atoms with E-state index in [1.54, 1.807) is 20.8 Å². The van der Waals surface area contributed by atoms with E-state index in [2.05, 4.69) is 0 Å². The first kappa shape index (κ1) is 12.7. The fraction of sp³-hybridized carbons (Fsp3) is 0.667. The summed E-state index contributed by atoms with van der Waals surface area (Å²) >= 11 is 0. The third-order valence-corrected chi connectivity index (χ3v) is 2.16. The second-order valence-corrected chi connectivity index (χ2v) is 5.09. The first-order chi connectivity index (χ1) is 7.29. The third kappa shape index (κ3) is 3.68. The molecule has 0 saturated carbocycles. The van der Waals surface area contributed by atoms with Crippen molar-refractivity contribution < 1.29 is 14.3 Å². The van der Waals surface area contributed by atoms with Gasteiger partial charge in [-0.2, -0.15) is 0 Å². The summed E-state index contributed by atoms with van der Waals surface area (Å²) in [5.74, 6) is 0.00619. The molecule has 4 heteroatoms. The van der Waals surface area contributed by atoms with Gasteiger partial charge in [-0.05, 0) is 26.7 Å². The third-order valence-electron chi connectivity index (χ3n) is 2.16. The molecule has 0 aromatic rings. The molecule has 2 amide bonds. The predicted molar refractivity (Wildman–Crippen MR) is 60.9 cm³/mol. The Bertz CT molecular complexity index is 315. The highest BCUT2D eigenvalue weighted by Gasteiger charge is 2.27. The van der Waals surface area contributed by atoms with E-state index in [1.165, 1.54) is 0 Å². The largest absolute Gasteiger partial charge is 0.443 e. The van der Waals surface area contributed by atoms with E-state index in [-0.39, 0.29) is 11.8 Å². The van der Waals surface area contributed by atoms with Crippen LogP contribution in [-0.4, -0.2) is 29.0 Å². The zero-order valence-corrected chi connectivity index (χ0v) is 10.3. The number of hydrogen-bond acceptors (Lipinski definition) is 3. The fourth-order valence-corrected chi connectivity index (χ4v) is 1.45. The first-order valence-corrected chi connectivity index (χ1v) is 5.49. The lowest BCUT2D eigenvalue weighted by Gasteiger charge is -2.25. The summed E-state index contributed by atoms with van der Waals surface area (Å²) in [6, 6.07) is 0. The smallest absolute Gasteiger partial charge is 0.417 e. The van der Waals surface area contributed by atoms with Crippen molar-refractivity contribution in [1.82, 2.24) is 4.90 Å². The van der Waals surface area contributed by atoms with Crippen LogP contribution >= 0.6 is 0 Å². The topological polar surface area (TPSA) is 46.6 Å². The Kier molecular flexibility index (Phi) is 3.73. The molecule has 0 radical (unpaired) electrons. The molecule has 0 fully saturated rings. The molecule has 1 atom stereocenters. The average molecular weight is 225 g/mol. The minimum Gasteiger partial charge on any atom is -0.443 e. The number of carbonyl (C=O) groups excluding carboxylic acids is 2. The van der Waals surface area contributed by atoms with Gasteiger partial charge in [0, 0.05) is 6.42 Å². The van der Waals surface area contributed by atoms with Crippen LogP contribution in [0.25, 0.3) is 0 Å². The molecule has 1 heterocycles. The lowest BCUT2D eigenvalue weighted by Crippen LogP contribution is -2.40. The number of carbonyl (C=O) groups is 2. The minimum absolute atomic E-state index is 0.174. The lowest BCUT2D eigenvalue weighted by atomic mass is 10.1. The van der Waals surface area contributed by atoms with Gasteiger partial charge in [-0.25, -0.2) is 9.69 Å². The maximum atomic E-state index is 11.7. The number of ether oxygens (including phenoxy) is 1. The van der Waals surface area contributed by atoms with Crippen LogP contribution in [-0.2, 0) is 9.53 Å². The van der Waals surface area contributed by atoms with E-state index in [4.69, 9.17) is 4.74 Å². The fourth-order valence-electron chi connectivity index (χ4n) is 1.45. The van der Waals surface area contributed by atoms with Crippen LogP contribution < -0.4 is 0 Å². The summed E-state index contributed by atoms with van der Waals surface area (Å²) in [7, 11) is 0. The minimum atomic E-state index is -0.570. The van der Waals surface area contributed by atoms with Gasteiger partial charge in [0.2, 0.25) is 5.91 Å². The molecule has 90 valence electrons. The van der Waals surface area contributed by atoms with Crippen LogP contribution in [0.1, 0.15) is 34.1 Å². The molecule has 1 aliphatic rings. The highest BCUT2D eigenvalue weighted by atomic mass is 16.6. The van der Waals surface area contributed by atoms with Gasteiger partial charge in [0.25, 0.3) is 0 Å². The Morgan fingerprint density at radius 1 is 1.50 bits per heavy atom. The number of rotatable bonds is 0. The van der Waals surface area contributed by atoms with Crippen LogP contribution in [0.3, 0.4) is 0 Å². The predicted octanol–water partition coefficient (Wildman–Crippen LogP) is 2.35. The molecule has 0 aromatic heterocycles. The SMILES string of the molecule is CC1C=CCN(C(=O)OC(C)(C)C)C(=O)C1. The van der Waals surface area contributed by atoms with Gasteiger partial charge >= 0.3 is 6.09 Å². The van der Waals surface area contributed by atoms with Crippen molar-refractivity contribution in [3.8, 4) is 0 Å². The summed E-state index contributed by atoms with van der Waals surface area (Å²) < 4.78 is 5.17. The molecule has 0 aromatic carbocycles. The van der Waals surface area contributed by atoms with Crippen LogP contribution in [0.2, 0.25) is 0 Å². The van der Waals surface area contributed by atoms with Gasteiger partial charge in [0.05, 0.1) is 6.54 Å². The molecule has 16 heavy (non-hydrogen) atoms. The monoisotopic (exact) mass is 225 g/mol. The number of imide groups is 1. The van der Waals surface area contributed by atoms with E-state index >= 15 is 0 Å². The number of hydrogen-bond donors (Lipinski definition) is 0. The maximum Gasteiger partial charge on any atom is 0.417 e. The van der Waals surface area contributed by atoms with E-state index in [0.29, 0.717) is 13.0 Å². The molecular formula is C12H19NO3. The van der Waals surface area contributed by atoms with E-state index in [1.807, 2.05) is 19.1 Å². The Morgan fingerprint density at radius 3 is 2.69 bits per heavy atom. The summed E-state index contributed by atoms with van der Waals surface area (Å²) in [5, 5.41) is 0. The van der Waals surface area contributed by atoms with Gasteiger partial charge in [0.15, 0.2) is 0 Å². The van der Waals surface area contributed by atoms with Crippen molar-refractivity contribution in [3.05, 3.63) is 12.2 Å². The zero-order chi connectivity index (χ0) is 12.3. The van der Waals surface area contributed by atoms with E-state index < -0.39 is 11.7 Å². The summed E-state index contributed by atoms with van der Waals surface area (Å²) in [4.78, 5) is 24.6. The van der Waals surface area contributed by atoms with Crippen molar-refractivity contribution in [1.29, 1.82) is 0 Å². The molecule has 0 bridgehead atoms. The van der Waals surface area contributed by atoms with Gasteiger partial charge in [-0.3, -0.25) is 4.79 Å². The van der Waals surface area contributed by atoms with Gasteiger partial charge in [-0.15, -0.1) is 0 Å². The quantitative estimate of drug-likeness (QED) is 0.594. The van der Waals surface area contributed by atoms with Crippen LogP contribution in [0.4, 0.5) is 4.79 Å². The van der Waals surface area contributed by atoms with E-state index in [0.717, 1.165) is 4.90 Å². The maximum absolute atomic E-state index is 11.7. The molecule has 1 aliphatic heterocycles. The highest BCUT2D eigenvalue weighted by molar-refractivity contribution is 5.92. The summed E-state index contributed by atoms with van der Waals surface area (Å²) in [5.41, 5.74) is -0.570. The number of amides is 2. The van der Waals surface area contributed by atoms with E-state index in [9.17, 15) is 9.59 Å². The van der Waals surface area contributed by atoms with Gasteiger partial charge in [-0.1, -0.05) is 19.1 Å². The molecule has 0 spiro atoms. The van der Waals surface area contributed by atoms with Crippen LogP contribution in [0.5, 0.6) is 0 Å². The molecule has 0 saturated heterocycles. The molecule has 0 N–H and O–H groups in total. The average Bonchev–Trinajstić information content (AvgIpc) is 2.23.